The SMILES string of the molecule is CCc1ncc(CNc2ccccc2CC(=O)NC)s1. The van der Waals surface area contributed by atoms with Crippen molar-refractivity contribution >= 4 is 22.9 Å². The fraction of sp³-hybridized carbons (Fsp3) is 0.333. The number of hydrogen-bond donors (Lipinski definition) is 2. The van der Waals surface area contributed by atoms with Gasteiger partial charge in [-0.15, -0.1) is 11.3 Å². The molecular weight excluding hydrogens is 270 g/mol. The first-order valence-corrected chi connectivity index (χ1v) is 7.50. The van der Waals surface area contributed by atoms with Gasteiger partial charge in [-0.1, -0.05) is 25.1 Å². The van der Waals surface area contributed by atoms with Crippen LogP contribution in [-0.4, -0.2) is 17.9 Å². The topological polar surface area (TPSA) is 54.0 Å². The molecule has 2 aromatic rings. The van der Waals surface area contributed by atoms with E-state index in [4.69, 9.17) is 0 Å². The Hall–Kier alpha value is -1.88. The average molecular weight is 289 g/mol. The van der Waals surface area contributed by atoms with Crippen molar-refractivity contribution in [2.24, 2.45) is 0 Å². The highest BCUT2D eigenvalue weighted by Crippen LogP contribution is 2.19. The van der Waals surface area contributed by atoms with E-state index in [9.17, 15) is 4.79 Å². The summed E-state index contributed by atoms with van der Waals surface area (Å²) in [4.78, 5) is 17.1. The molecule has 1 aromatic heterocycles. The van der Waals surface area contributed by atoms with E-state index < -0.39 is 0 Å². The smallest absolute Gasteiger partial charge is 0.224 e. The van der Waals surface area contributed by atoms with Crippen molar-refractivity contribution < 1.29 is 4.79 Å². The predicted molar refractivity (Wildman–Crippen MR) is 83.0 cm³/mol. The maximum Gasteiger partial charge on any atom is 0.224 e. The number of para-hydroxylation sites is 1. The molecule has 0 unspecified atom stereocenters. The van der Waals surface area contributed by atoms with Gasteiger partial charge in [-0.05, 0) is 18.1 Å². The zero-order valence-electron chi connectivity index (χ0n) is 11.8. The van der Waals surface area contributed by atoms with E-state index in [1.54, 1.807) is 18.4 Å². The van der Waals surface area contributed by atoms with Crippen molar-refractivity contribution in [2.45, 2.75) is 26.3 Å². The van der Waals surface area contributed by atoms with E-state index >= 15 is 0 Å². The van der Waals surface area contributed by atoms with Gasteiger partial charge in [0.2, 0.25) is 5.91 Å². The van der Waals surface area contributed by atoms with Crippen LogP contribution in [0, 0.1) is 0 Å². The zero-order valence-corrected chi connectivity index (χ0v) is 12.6. The standard InChI is InChI=1S/C15H19N3OS/c1-3-15-18-10-12(20-15)9-17-13-7-5-4-6-11(13)8-14(19)16-2/h4-7,10,17H,3,8-9H2,1-2H3,(H,16,19). The molecule has 0 bridgehead atoms. The third-order valence-electron chi connectivity index (χ3n) is 3.00. The van der Waals surface area contributed by atoms with Gasteiger partial charge in [0.25, 0.3) is 0 Å². The van der Waals surface area contributed by atoms with Crippen LogP contribution < -0.4 is 10.6 Å². The van der Waals surface area contributed by atoms with Gasteiger partial charge >= 0.3 is 0 Å². The molecule has 2 rings (SSSR count). The second kappa shape index (κ2) is 7.05. The lowest BCUT2D eigenvalue weighted by molar-refractivity contribution is -0.119. The Balaban J connectivity index is 2.03. The number of likely N-dealkylation sites (N-methyl/N-ethyl adjacent to an activating group) is 1. The summed E-state index contributed by atoms with van der Waals surface area (Å²) in [6.07, 6.45) is 3.28. The minimum absolute atomic E-state index is 0.0188. The number of carbonyl (C=O) groups is 1. The molecule has 5 heteroatoms. The van der Waals surface area contributed by atoms with E-state index in [1.807, 2.05) is 30.5 Å². The molecule has 4 nitrogen and oxygen atoms in total. The maximum absolute atomic E-state index is 11.5. The zero-order chi connectivity index (χ0) is 14.4. The molecule has 0 saturated carbocycles. The summed E-state index contributed by atoms with van der Waals surface area (Å²) in [6, 6.07) is 7.90. The molecule has 0 atom stereocenters. The fourth-order valence-corrected chi connectivity index (χ4v) is 2.69. The Morgan fingerprint density at radius 1 is 1.35 bits per heavy atom. The first kappa shape index (κ1) is 14.5. The van der Waals surface area contributed by atoms with Gasteiger partial charge in [0.15, 0.2) is 0 Å². The molecule has 0 saturated heterocycles. The van der Waals surface area contributed by atoms with Crippen LogP contribution in [0.15, 0.2) is 30.5 Å². The van der Waals surface area contributed by atoms with Crippen molar-refractivity contribution in [1.29, 1.82) is 0 Å². The van der Waals surface area contributed by atoms with Gasteiger partial charge in [-0.3, -0.25) is 4.79 Å². The number of anilines is 1. The number of nitrogens with zero attached hydrogens (tertiary/aromatic N) is 1. The van der Waals surface area contributed by atoms with Gasteiger partial charge in [0.1, 0.15) is 0 Å². The summed E-state index contributed by atoms with van der Waals surface area (Å²) >= 11 is 1.72. The molecule has 0 aliphatic carbocycles. The number of carbonyl (C=O) groups excluding carboxylic acids is 1. The van der Waals surface area contributed by atoms with Crippen molar-refractivity contribution in [3.05, 3.63) is 45.9 Å². The largest absolute Gasteiger partial charge is 0.380 e. The quantitative estimate of drug-likeness (QED) is 0.859. The molecule has 1 heterocycles. The number of aryl methyl sites for hydroxylation is 1. The normalized spacial score (nSPS) is 10.3. The van der Waals surface area contributed by atoms with Crippen molar-refractivity contribution in [1.82, 2.24) is 10.3 Å². The second-order valence-corrected chi connectivity index (χ2v) is 5.63. The molecule has 0 aliphatic rings. The minimum Gasteiger partial charge on any atom is -0.380 e. The molecule has 20 heavy (non-hydrogen) atoms. The molecular formula is C15H19N3OS. The summed E-state index contributed by atoms with van der Waals surface area (Å²) in [5.41, 5.74) is 2.01. The summed E-state index contributed by atoms with van der Waals surface area (Å²) in [5, 5.41) is 7.19. The Morgan fingerprint density at radius 2 is 2.15 bits per heavy atom. The van der Waals surface area contributed by atoms with E-state index in [1.165, 1.54) is 4.88 Å². The van der Waals surface area contributed by atoms with Crippen LogP contribution in [-0.2, 0) is 24.2 Å². The van der Waals surface area contributed by atoms with Gasteiger partial charge < -0.3 is 10.6 Å². The monoisotopic (exact) mass is 289 g/mol. The molecule has 106 valence electrons. The Morgan fingerprint density at radius 3 is 2.85 bits per heavy atom. The third kappa shape index (κ3) is 3.81. The summed E-state index contributed by atoms with van der Waals surface area (Å²) in [7, 11) is 1.65. The van der Waals surface area contributed by atoms with Crippen molar-refractivity contribution in [3.8, 4) is 0 Å². The minimum atomic E-state index is 0.0188. The number of benzene rings is 1. The number of hydrogen-bond acceptors (Lipinski definition) is 4. The van der Waals surface area contributed by atoms with Crippen LogP contribution in [0.4, 0.5) is 5.69 Å². The summed E-state index contributed by atoms with van der Waals surface area (Å²) < 4.78 is 0. The van der Waals surface area contributed by atoms with Gasteiger partial charge in [-0.25, -0.2) is 4.98 Å². The molecule has 0 fully saturated rings. The first-order valence-electron chi connectivity index (χ1n) is 6.69. The molecule has 0 aliphatic heterocycles. The lowest BCUT2D eigenvalue weighted by Gasteiger charge is -2.10. The highest BCUT2D eigenvalue weighted by Gasteiger charge is 2.07. The molecule has 0 spiro atoms. The van der Waals surface area contributed by atoms with Gasteiger partial charge in [-0.2, -0.15) is 0 Å². The number of aromatic nitrogens is 1. The number of amides is 1. The molecule has 1 aromatic carbocycles. The fourth-order valence-electron chi connectivity index (χ4n) is 1.88. The molecule has 1 amide bonds. The van der Waals surface area contributed by atoms with Crippen molar-refractivity contribution in [3.63, 3.8) is 0 Å². The number of thiazole rings is 1. The van der Waals surface area contributed by atoms with E-state index in [0.29, 0.717) is 6.42 Å². The lowest BCUT2D eigenvalue weighted by Crippen LogP contribution is -2.20. The highest BCUT2D eigenvalue weighted by atomic mass is 32.1. The van der Waals surface area contributed by atoms with E-state index in [0.717, 1.165) is 29.2 Å². The molecule has 2 N–H and O–H groups in total. The summed E-state index contributed by atoms with van der Waals surface area (Å²) in [5.74, 6) is 0.0188. The number of nitrogens with one attached hydrogen (secondary N) is 2. The molecule has 0 radical (unpaired) electrons. The van der Waals surface area contributed by atoms with Crippen LogP contribution in [0.1, 0.15) is 22.4 Å². The summed E-state index contributed by atoms with van der Waals surface area (Å²) in [6.45, 7) is 2.84. The van der Waals surface area contributed by atoms with Crippen LogP contribution in [0.25, 0.3) is 0 Å². The lowest BCUT2D eigenvalue weighted by atomic mass is 10.1. The third-order valence-corrected chi connectivity index (χ3v) is 4.15. The Labute approximate surface area is 123 Å². The van der Waals surface area contributed by atoms with E-state index in [2.05, 4.69) is 22.5 Å². The Bertz CT molecular complexity index is 580. The van der Waals surface area contributed by atoms with Crippen LogP contribution >= 0.6 is 11.3 Å². The Kier molecular flexibility index (Phi) is 5.12. The van der Waals surface area contributed by atoms with Gasteiger partial charge in [0.05, 0.1) is 18.0 Å². The van der Waals surface area contributed by atoms with Crippen LogP contribution in [0.2, 0.25) is 0 Å². The number of rotatable bonds is 6. The van der Waals surface area contributed by atoms with Crippen LogP contribution in [0.5, 0.6) is 0 Å². The van der Waals surface area contributed by atoms with E-state index in [-0.39, 0.29) is 5.91 Å². The highest BCUT2D eigenvalue weighted by molar-refractivity contribution is 7.11. The first-order chi connectivity index (χ1) is 9.72. The average Bonchev–Trinajstić information content (AvgIpc) is 2.94. The maximum atomic E-state index is 11.5. The van der Waals surface area contributed by atoms with Crippen molar-refractivity contribution in [2.75, 3.05) is 12.4 Å². The van der Waals surface area contributed by atoms with Gasteiger partial charge in [0, 0.05) is 23.8 Å². The predicted octanol–water partition coefficient (Wildman–Crippen LogP) is 2.61. The van der Waals surface area contributed by atoms with Crippen LogP contribution in [0.3, 0.4) is 0 Å². The second-order valence-electron chi connectivity index (χ2n) is 4.43.